The van der Waals surface area contributed by atoms with Gasteiger partial charge in [-0.25, -0.2) is 4.39 Å². The first-order valence-corrected chi connectivity index (χ1v) is 7.14. The summed E-state index contributed by atoms with van der Waals surface area (Å²) < 4.78 is 18.4. The molecule has 0 aromatic rings. The summed E-state index contributed by atoms with van der Waals surface area (Å²) >= 11 is 0. The minimum Gasteiger partial charge on any atom is -0.481 e. The fourth-order valence-electron chi connectivity index (χ4n) is 3.30. The fourth-order valence-corrected chi connectivity index (χ4v) is 3.30. The van der Waals surface area contributed by atoms with Gasteiger partial charge in [0.1, 0.15) is 11.6 Å². The number of rotatable bonds is 4. The maximum absolute atomic E-state index is 13.4. The van der Waals surface area contributed by atoms with E-state index >= 15 is 0 Å². The van der Waals surface area contributed by atoms with Gasteiger partial charge in [0.15, 0.2) is 0 Å². The van der Waals surface area contributed by atoms with E-state index in [1.165, 1.54) is 7.11 Å². The van der Waals surface area contributed by atoms with Gasteiger partial charge in [0.2, 0.25) is 5.91 Å². The molecule has 1 amide bonds. The van der Waals surface area contributed by atoms with Crippen LogP contribution in [0.4, 0.5) is 4.39 Å². The van der Waals surface area contributed by atoms with Crippen molar-refractivity contribution in [3.05, 3.63) is 0 Å². The Hall–Kier alpha value is -1.17. The van der Waals surface area contributed by atoms with Crippen LogP contribution in [-0.4, -0.2) is 54.9 Å². The lowest BCUT2D eigenvalue weighted by molar-refractivity contribution is -0.152. The molecular formula is C14H22FNO4. The van der Waals surface area contributed by atoms with Gasteiger partial charge in [-0.05, 0) is 32.1 Å². The number of nitrogens with zero attached hydrogens (tertiary/aromatic N) is 1. The van der Waals surface area contributed by atoms with Gasteiger partial charge < -0.3 is 14.7 Å². The number of ether oxygens (including phenoxy) is 1. The molecule has 3 atom stereocenters. The van der Waals surface area contributed by atoms with Crippen LogP contribution in [0.3, 0.4) is 0 Å². The number of carboxylic acid groups (broad SMARTS) is 1. The van der Waals surface area contributed by atoms with Gasteiger partial charge in [-0.1, -0.05) is 0 Å². The normalized spacial score (nSPS) is 34.2. The number of alkyl halides is 1. The van der Waals surface area contributed by atoms with Crippen molar-refractivity contribution in [1.29, 1.82) is 0 Å². The summed E-state index contributed by atoms with van der Waals surface area (Å²) in [7, 11) is 1.46. The lowest BCUT2D eigenvalue weighted by atomic mass is 9.86. The Morgan fingerprint density at radius 2 is 2.20 bits per heavy atom. The molecule has 0 aromatic heterocycles. The van der Waals surface area contributed by atoms with Crippen LogP contribution in [-0.2, 0) is 14.3 Å². The van der Waals surface area contributed by atoms with E-state index < -0.39 is 17.6 Å². The van der Waals surface area contributed by atoms with E-state index in [2.05, 4.69) is 0 Å². The first-order valence-electron chi connectivity index (χ1n) is 7.14. The van der Waals surface area contributed by atoms with Crippen LogP contribution in [0.2, 0.25) is 0 Å². The minimum atomic E-state index is -1.01. The molecule has 1 heterocycles. The van der Waals surface area contributed by atoms with E-state index in [0.29, 0.717) is 25.8 Å². The van der Waals surface area contributed by atoms with Crippen molar-refractivity contribution in [2.75, 3.05) is 26.8 Å². The Labute approximate surface area is 118 Å². The molecule has 0 bridgehead atoms. The van der Waals surface area contributed by atoms with Crippen LogP contribution >= 0.6 is 0 Å². The van der Waals surface area contributed by atoms with Crippen molar-refractivity contribution in [3.63, 3.8) is 0 Å². The molecule has 0 aromatic carbocycles. The van der Waals surface area contributed by atoms with Crippen molar-refractivity contribution in [2.24, 2.45) is 11.3 Å². The maximum Gasteiger partial charge on any atom is 0.313 e. The van der Waals surface area contributed by atoms with E-state index in [1.54, 1.807) is 4.90 Å². The number of carbonyl (C=O) groups excluding carboxylic acids is 1. The Balaban J connectivity index is 2.00. The SMILES string of the molecule is COCC1(C(=O)O)CCN(C(=O)C2CCCC(F)C2)C1. The van der Waals surface area contributed by atoms with E-state index in [1.807, 2.05) is 0 Å². The summed E-state index contributed by atoms with van der Waals surface area (Å²) in [5.74, 6) is -1.31. The first kappa shape index (κ1) is 15.2. The van der Waals surface area contributed by atoms with Gasteiger partial charge in [-0.2, -0.15) is 0 Å². The predicted octanol–water partition coefficient (Wildman–Crippen LogP) is 1.46. The maximum atomic E-state index is 13.4. The molecule has 0 radical (unpaired) electrons. The van der Waals surface area contributed by atoms with Crippen molar-refractivity contribution >= 4 is 11.9 Å². The second-order valence-corrected chi connectivity index (χ2v) is 5.99. The standard InChI is InChI=1S/C14H22FNO4/c1-20-9-14(13(18)19)5-6-16(8-14)12(17)10-3-2-4-11(15)7-10/h10-11H,2-9H2,1H3,(H,18,19). The predicted molar refractivity (Wildman–Crippen MR) is 70.0 cm³/mol. The molecule has 1 aliphatic heterocycles. The molecule has 1 saturated heterocycles. The zero-order valence-corrected chi connectivity index (χ0v) is 11.8. The molecule has 1 saturated carbocycles. The third-order valence-electron chi connectivity index (χ3n) is 4.50. The Bertz CT molecular complexity index is 389. The number of carbonyl (C=O) groups is 2. The molecular weight excluding hydrogens is 265 g/mol. The average molecular weight is 287 g/mol. The summed E-state index contributed by atoms with van der Waals surface area (Å²) in [6.07, 6.45) is 1.75. The summed E-state index contributed by atoms with van der Waals surface area (Å²) in [4.78, 5) is 25.4. The number of likely N-dealkylation sites (tertiary alicyclic amines) is 1. The van der Waals surface area contributed by atoms with E-state index in [4.69, 9.17) is 4.74 Å². The summed E-state index contributed by atoms with van der Waals surface area (Å²) in [6.45, 7) is 0.687. The highest BCUT2D eigenvalue weighted by molar-refractivity contribution is 5.82. The van der Waals surface area contributed by atoms with Crippen LogP contribution in [0.25, 0.3) is 0 Å². The molecule has 2 fully saturated rings. The van der Waals surface area contributed by atoms with Crippen molar-refractivity contribution in [3.8, 4) is 0 Å². The van der Waals surface area contributed by atoms with Crippen molar-refractivity contribution in [2.45, 2.75) is 38.3 Å². The second kappa shape index (κ2) is 6.08. The van der Waals surface area contributed by atoms with E-state index in [-0.39, 0.29) is 31.4 Å². The van der Waals surface area contributed by atoms with Crippen LogP contribution in [0, 0.1) is 11.3 Å². The highest BCUT2D eigenvalue weighted by Gasteiger charge is 2.47. The number of amides is 1. The highest BCUT2D eigenvalue weighted by atomic mass is 19.1. The average Bonchev–Trinajstić information content (AvgIpc) is 2.84. The third kappa shape index (κ3) is 2.95. The Morgan fingerprint density at radius 1 is 1.45 bits per heavy atom. The second-order valence-electron chi connectivity index (χ2n) is 5.99. The molecule has 1 aliphatic carbocycles. The number of hydrogen-bond acceptors (Lipinski definition) is 3. The lowest BCUT2D eigenvalue weighted by Crippen LogP contribution is -2.42. The molecule has 5 nitrogen and oxygen atoms in total. The first-order chi connectivity index (χ1) is 9.48. The Morgan fingerprint density at radius 3 is 2.80 bits per heavy atom. The number of methoxy groups -OCH3 is 1. The van der Waals surface area contributed by atoms with E-state index in [0.717, 1.165) is 6.42 Å². The molecule has 2 aliphatic rings. The molecule has 114 valence electrons. The number of aliphatic carboxylic acids is 1. The zero-order valence-electron chi connectivity index (χ0n) is 11.8. The van der Waals surface area contributed by atoms with Crippen molar-refractivity contribution in [1.82, 2.24) is 4.90 Å². The number of hydrogen-bond donors (Lipinski definition) is 1. The quantitative estimate of drug-likeness (QED) is 0.850. The van der Waals surface area contributed by atoms with Gasteiger partial charge in [0, 0.05) is 26.1 Å². The fraction of sp³-hybridized carbons (Fsp3) is 0.857. The van der Waals surface area contributed by atoms with E-state index in [9.17, 15) is 19.1 Å². The third-order valence-corrected chi connectivity index (χ3v) is 4.50. The molecule has 6 heteroatoms. The van der Waals surface area contributed by atoms with Crippen LogP contribution in [0.1, 0.15) is 32.1 Å². The van der Waals surface area contributed by atoms with Crippen molar-refractivity contribution < 1.29 is 23.8 Å². The van der Waals surface area contributed by atoms with Gasteiger partial charge in [0.25, 0.3) is 0 Å². The van der Waals surface area contributed by atoms with Gasteiger partial charge >= 0.3 is 5.97 Å². The van der Waals surface area contributed by atoms with Crippen LogP contribution < -0.4 is 0 Å². The van der Waals surface area contributed by atoms with Gasteiger partial charge in [-0.15, -0.1) is 0 Å². The number of halogens is 1. The molecule has 20 heavy (non-hydrogen) atoms. The summed E-state index contributed by atoms with van der Waals surface area (Å²) in [5, 5.41) is 9.37. The summed E-state index contributed by atoms with van der Waals surface area (Å²) in [5.41, 5.74) is -1.01. The largest absolute Gasteiger partial charge is 0.481 e. The molecule has 2 rings (SSSR count). The Kier molecular flexibility index (Phi) is 4.62. The zero-order chi connectivity index (χ0) is 14.8. The highest BCUT2D eigenvalue weighted by Crippen LogP contribution is 2.34. The minimum absolute atomic E-state index is 0.0911. The van der Waals surface area contributed by atoms with Crippen LogP contribution in [0.15, 0.2) is 0 Å². The lowest BCUT2D eigenvalue weighted by Gasteiger charge is -2.29. The monoisotopic (exact) mass is 287 g/mol. The van der Waals surface area contributed by atoms with Crippen LogP contribution in [0.5, 0.6) is 0 Å². The number of carboxylic acids is 1. The molecule has 3 unspecified atom stereocenters. The van der Waals surface area contributed by atoms with Gasteiger partial charge in [0.05, 0.1) is 6.61 Å². The molecule has 0 spiro atoms. The van der Waals surface area contributed by atoms with Gasteiger partial charge in [-0.3, -0.25) is 9.59 Å². The summed E-state index contributed by atoms with van der Waals surface area (Å²) in [6, 6.07) is 0. The smallest absolute Gasteiger partial charge is 0.313 e. The topological polar surface area (TPSA) is 66.8 Å². The molecule has 1 N–H and O–H groups in total.